The van der Waals surface area contributed by atoms with Crippen molar-refractivity contribution in [3.05, 3.63) is 35.9 Å². The van der Waals surface area contributed by atoms with Crippen molar-refractivity contribution >= 4 is 11.8 Å². The number of rotatable bonds is 2. The van der Waals surface area contributed by atoms with Gasteiger partial charge in [0.2, 0.25) is 0 Å². The first-order valence-corrected chi connectivity index (χ1v) is 5.90. The molecule has 2 atom stereocenters. The second-order valence-electron chi connectivity index (χ2n) is 4.37. The molecule has 0 unspecified atom stereocenters. The number of hydrogen-bond acceptors (Lipinski definition) is 3. The van der Waals surface area contributed by atoms with Gasteiger partial charge in [-0.25, -0.2) is 0 Å². The topological polar surface area (TPSA) is 43.4 Å². The Bertz CT molecular complexity index is 411. The van der Waals surface area contributed by atoms with E-state index in [-0.39, 0.29) is 11.7 Å². The molecule has 1 aromatic rings. The molecular formula is C14H16O3. The molecule has 0 amide bonds. The average molecular weight is 232 g/mol. The minimum Gasteiger partial charge on any atom is -0.468 e. The summed E-state index contributed by atoms with van der Waals surface area (Å²) in [5.74, 6) is -1.10. The summed E-state index contributed by atoms with van der Waals surface area (Å²) in [7, 11) is 1.34. The summed E-state index contributed by atoms with van der Waals surface area (Å²) < 4.78 is 4.68. The molecule has 1 aliphatic carbocycles. The Labute approximate surface area is 101 Å². The Hall–Kier alpha value is -1.64. The fourth-order valence-electron chi connectivity index (χ4n) is 2.45. The first-order valence-electron chi connectivity index (χ1n) is 5.90. The van der Waals surface area contributed by atoms with Crippen LogP contribution >= 0.6 is 0 Å². The number of ketones is 1. The van der Waals surface area contributed by atoms with Crippen molar-refractivity contribution in [3.63, 3.8) is 0 Å². The van der Waals surface area contributed by atoms with E-state index < -0.39 is 11.9 Å². The third-order valence-corrected chi connectivity index (χ3v) is 3.36. The quantitative estimate of drug-likeness (QED) is 0.580. The van der Waals surface area contributed by atoms with Crippen LogP contribution in [0.3, 0.4) is 0 Å². The first kappa shape index (κ1) is 11.8. The third kappa shape index (κ3) is 2.38. The lowest BCUT2D eigenvalue weighted by atomic mass is 9.77. The fraction of sp³-hybridized carbons (Fsp3) is 0.429. The molecular weight excluding hydrogens is 216 g/mol. The number of benzene rings is 1. The minimum atomic E-state index is -0.570. The molecule has 3 heteroatoms. The maximum Gasteiger partial charge on any atom is 0.316 e. The van der Waals surface area contributed by atoms with Crippen molar-refractivity contribution < 1.29 is 14.3 Å². The Kier molecular flexibility index (Phi) is 3.57. The van der Waals surface area contributed by atoms with Crippen LogP contribution in [-0.4, -0.2) is 18.9 Å². The normalized spacial score (nSPS) is 24.4. The molecule has 90 valence electrons. The highest BCUT2D eigenvalue weighted by molar-refractivity contribution is 6.02. The van der Waals surface area contributed by atoms with E-state index in [1.807, 2.05) is 30.3 Å². The zero-order chi connectivity index (χ0) is 12.3. The number of carbonyl (C=O) groups excluding carboxylic acids is 2. The van der Waals surface area contributed by atoms with Crippen LogP contribution in [0.2, 0.25) is 0 Å². The lowest BCUT2D eigenvalue weighted by Crippen LogP contribution is -2.33. The molecule has 1 aromatic carbocycles. The summed E-state index contributed by atoms with van der Waals surface area (Å²) in [5, 5.41) is 0. The highest BCUT2D eigenvalue weighted by Gasteiger charge is 2.36. The molecule has 0 spiro atoms. The van der Waals surface area contributed by atoms with Gasteiger partial charge < -0.3 is 4.74 Å². The van der Waals surface area contributed by atoms with Gasteiger partial charge in [-0.05, 0) is 18.4 Å². The van der Waals surface area contributed by atoms with E-state index in [1.165, 1.54) is 7.11 Å². The van der Waals surface area contributed by atoms with Gasteiger partial charge in [0.15, 0.2) is 5.78 Å². The van der Waals surface area contributed by atoms with Gasteiger partial charge in [0.05, 0.1) is 7.11 Å². The number of methoxy groups -OCH3 is 1. The monoisotopic (exact) mass is 232 g/mol. The van der Waals surface area contributed by atoms with Crippen molar-refractivity contribution in [2.24, 2.45) is 5.92 Å². The van der Waals surface area contributed by atoms with E-state index in [4.69, 9.17) is 0 Å². The van der Waals surface area contributed by atoms with Crippen molar-refractivity contribution in [2.45, 2.75) is 25.2 Å². The molecule has 17 heavy (non-hydrogen) atoms. The highest BCUT2D eigenvalue weighted by atomic mass is 16.5. The Morgan fingerprint density at radius 3 is 2.59 bits per heavy atom. The van der Waals surface area contributed by atoms with Crippen molar-refractivity contribution in [2.75, 3.05) is 7.11 Å². The molecule has 2 rings (SSSR count). The van der Waals surface area contributed by atoms with Gasteiger partial charge in [-0.3, -0.25) is 9.59 Å². The highest BCUT2D eigenvalue weighted by Crippen LogP contribution is 2.33. The van der Waals surface area contributed by atoms with Crippen LogP contribution in [-0.2, 0) is 14.3 Å². The number of carbonyl (C=O) groups is 2. The zero-order valence-corrected chi connectivity index (χ0v) is 9.89. The molecule has 1 aliphatic rings. The van der Waals surface area contributed by atoms with Crippen LogP contribution < -0.4 is 0 Å². The van der Waals surface area contributed by atoms with E-state index >= 15 is 0 Å². The second-order valence-corrected chi connectivity index (χ2v) is 4.37. The van der Waals surface area contributed by atoms with Gasteiger partial charge >= 0.3 is 5.97 Å². The largest absolute Gasteiger partial charge is 0.468 e. The molecule has 1 saturated carbocycles. The Morgan fingerprint density at radius 1 is 1.24 bits per heavy atom. The summed E-state index contributed by atoms with van der Waals surface area (Å²) in [5.41, 5.74) is 1.01. The fourth-order valence-corrected chi connectivity index (χ4v) is 2.45. The van der Waals surface area contributed by atoms with Crippen LogP contribution in [0.25, 0.3) is 0 Å². The Morgan fingerprint density at radius 2 is 1.94 bits per heavy atom. The third-order valence-electron chi connectivity index (χ3n) is 3.36. The summed E-state index contributed by atoms with van der Waals surface area (Å²) in [6.07, 6.45) is 2.34. The maximum atomic E-state index is 12.2. The number of Topliss-reactive ketones (excluding diaryl/α,β-unsaturated/α-hetero) is 1. The van der Waals surface area contributed by atoms with Gasteiger partial charge in [0.25, 0.3) is 0 Å². The van der Waals surface area contributed by atoms with Crippen LogP contribution in [0.5, 0.6) is 0 Å². The minimum absolute atomic E-state index is 0.00861. The Balaban J connectivity index is 2.20. The van der Waals surface area contributed by atoms with Crippen LogP contribution in [0.1, 0.15) is 30.7 Å². The number of hydrogen-bond donors (Lipinski definition) is 0. The van der Waals surface area contributed by atoms with Gasteiger partial charge in [-0.1, -0.05) is 36.8 Å². The summed E-state index contributed by atoms with van der Waals surface area (Å²) in [6, 6.07) is 9.66. The smallest absolute Gasteiger partial charge is 0.316 e. The molecule has 3 nitrogen and oxygen atoms in total. The lowest BCUT2D eigenvalue weighted by Gasteiger charge is -2.26. The summed E-state index contributed by atoms with van der Waals surface area (Å²) >= 11 is 0. The zero-order valence-electron chi connectivity index (χ0n) is 9.89. The predicted octanol–water partition coefficient (Wildman–Crippen LogP) is 2.31. The molecule has 1 fully saturated rings. The van der Waals surface area contributed by atoms with E-state index in [2.05, 4.69) is 4.74 Å². The van der Waals surface area contributed by atoms with E-state index in [0.29, 0.717) is 6.42 Å². The molecule has 0 bridgehead atoms. The van der Waals surface area contributed by atoms with Gasteiger partial charge in [0.1, 0.15) is 5.92 Å². The van der Waals surface area contributed by atoms with Gasteiger partial charge in [-0.15, -0.1) is 0 Å². The summed E-state index contributed by atoms with van der Waals surface area (Å²) in [4.78, 5) is 23.7. The molecule has 0 saturated heterocycles. The van der Waals surface area contributed by atoms with Crippen LogP contribution in [0.4, 0.5) is 0 Å². The van der Waals surface area contributed by atoms with Gasteiger partial charge in [-0.2, -0.15) is 0 Å². The molecule has 0 heterocycles. The number of esters is 1. The average Bonchev–Trinajstić information content (AvgIpc) is 2.39. The molecule has 0 radical (unpaired) electrons. The lowest BCUT2D eigenvalue weighted by molar-refractivity contribution is -0.151. The van der Waals surface area contributed by atoms with E-state index in [0.717, 1.165) is 18.4 Å². The standard InChI is InChI=1S/C14H16O3/c1-17-14(16)12-9-5-8-11(13(12)15)10-6-3-2-4-7-10/h2-4,6-7,11-12H,5,8-9H2,1H3/t11-,12-/m1/s1. The predicted molar refractivity (Wildman–Crippen MR) is 63.5 cm³/mol. The molecule has 0 aromatic heterocycles. The number of ether oxygens (including phenoxy) is 1. The molecule has 0 N–H and O–H groups in total. The van der Waals surface area contributed by atoms with Crippen molar-refractivity contribution in [1.29, 1.82) is 0 Å². The van der Waals surface area contributed by atoms with Crippen LogP contribution in [0, 0.1) is 5.92 Å². The van der Waals surface area contributed by atoms with E-state index in [9.17, 15) is 9.59 Å². The van der Waals surface area contributed by atoms with E-state index in [1.54, 1.807) is 0 Å². The second kappa shape index (κ2) is 5.13. The van der Waals surface area contributed by atoms with Crippen LogP contribution in [0.15, 0.2) is 30.3 Å². The first-order chi connectivity index (χ1) is 8.24. The van der Waals surface area contributed by atoms with Crippen molar-refractivity contribution in [1.82, 2.24) is 0 Å². The summed E-state index contributed by atoms with van der Waals surface area (Å²) in [6.45, 7) is 0. The maximum absolute atomic E-state index is 12.2. The SMILES string of the molecule is COC(=O)[C@@H]1CCC[C@H](c2ccccc2)C1=O. The van der Waals surface area contributed by atoms with Gasteiger partial charge in [0, 0.05) is 5.92 Å². The molecule has 0 aliphatic heterocycles. The van der Waals surface area contributed by atoms with Crippen molar-refractivity contribution in [3.8, 4) is 0 Å².